The number of carbonyl (C=O) groups is 1. The van der Waals surface area contributed by atoms with Gasteiger partial charge in [-0.3, -0.25) is 4.90 Å². The second-order valence-electron chi connectivity index (χ2n) is 10.9. The Morgan fingerprint density at radius 2 is 1.76 bits per heavy atom. The third-order valence-corrected chi connectivity index (χ3v) is 8.63. The smallest absolute Gasteiger partial charge is 0.337 e. The molecule has 0 saturated heterocycles. The van der Waals surface area contributed by atoms with Crippen molar-refractivity contribution < 1.29 is 23.4 Å². The average Bonchev–Trinajstić information content (AvgIpc) is 3.40. The number of aromatic amines is 1. The lowest BCUT2D eigenvalue weighted by Crippen LogP contribution is -2.43. The van der Waals surface area contributed by atoms with Gasteiger partial charge in [0.2, 0.25) is 0 Å². The number of carbonyl (C=O) groups excluding carboxylic acids is 1. The highest BCUT2D eigenvalue weighted by molar-refractivity contribution is 5.89. The molecule has 0 fully saturated rings. The summed E-state index contributed by atoms with van der Waals surface area (Å²) in [5.74, 6) is 0.783. The number of fused-ring (bicyclic) bond motifs is 6. The average molecular weight is 563 g/mol. The maximum absolute atomic E-state index is 13.9. The molecule has 3 heterocycles. The molecule has 2 unspecified atom stereocenters. The number of H-pyrrole nitrogens is 1. The molecule has 0 radical (unpaired) electrons. The van der Waals surface area contributed by atoms with E-state index in [0.717, 1.165) is 36.0 Å². The minimum absolute atomic E-state index is 0.0187. The number of halogens is 1. The third-order valence-electron chi connectivity index (χ3n) is 8.63. The van der Waals surface area contributed by atoms with Crippen LogP contribution in [0.1, 0.15) is 56.0 Å². The van der Waals surface area contributed by atoms with E-state index < -0.39 is 0 Å². The lowest BCUT2D eigenvalue weighted by molar-refractivity contribution is 0.0600. The van der Waals surface area contributed by atoms with E-state index in [9.17, 15) is 9.18 Å². The molecule has 4 aromatic carbocycles. The van der Waals surface area contributed by atoms with Crippen molar-refractivity contribution >= 4 is 16.9 Å². The van der Waals surface area contributed by atoms with Crippen LogP contribution in [0.25, 0.3) is 10.9 Å². The molecule has 0 spiro atoms. The number of methoxy groups -OCH3 is 2. The van der Waals surface area contributed by atoms with Crippen LogP contribution in [0.4, 0.5) is 4.39 Å². The number of aromatic nitrogens is 1. The second kappa shape index (κ2) is 10.7. The van der Waals surface area contributed by atoms with Gasteiger partial charge in [-0.1, -0.05) is 42.5 Å². The Labute approximate surface area is 243 Å². The number of hydrogen-bond acceptors (Lipinski definition) is 5. The van der Waals surface area contributed by atoms with Gasteiger partial charge < -0.3 is 19.2 Å². The lowest BCUT2D eigenvalue weighted by atomic mass is 9.80. The molecule has 0 aliphatic carbocycles. The van der Waals surface area contributed by atoms with Crippen LogP contribution in [0.5, 0.6) is 11.5 Å². The first-order valence-electron chi connectivity index (χ1n) is 14.2. The van der Waals surface area contributed by atoms with Gasteiger partial charge in [-0.25, -0.2) is 9.18 Å². The fraction of sp³-hybridized carbons (Fsp3) is 0.229. The van der Waals surface area contributed by atoms with E-state index in [1.165, 1.54) is 34.9 Å². The highest BCUT2D eigenvalue weighted by Gasteiger charge is 2.41. The van der Waals surface area contributed by atoms with Crippen molar-refractivity contribution in [1.82, 2.24) is 9.88 Å². The molecule has 5 aromatic rings. The van der Waals surface area contributed by atoms with E-state index in [4.69, 9.17) is 14.2 Å². The number of hydrogen-bond donors (Lipinski definition) is 1. The molecular weight excluding hydrogens is 531 g/mol. The van der Waals surface area contributed by atoms with Crippen LogP contribution in [0, 0.1) is 5.82 Å². The van der Waals surface area contributed by atoms with Crippen LogP contribution in [0.3, 0.4) is 0 Å². The topological polar surface area (TPSA) is 63.8 Å². The van der Waals surface area contributed by atoms with Gasteiger partial charge in [-0.15, -0.1) is 0 Å². The molecule has 2 aliphatic heterocycles. The van der Waals surface area contributed by atoms with Crippen molar-refractivity contribution in [1.29, 1.82) is 0 Å². The van der Waals surface area contributed by atoms with E-state index in [-0.39, 0.29) is 23.9 Å². The van der Waals surface area contributed by atoms with Gasteiger partial charge in [-0.05, 0) is 83.1 Å². The Bertz CT molecular complexity index is 1780. The van der Waals surface area contributed by atoms with E-state index >= 15 is 0 Å². The van der Waals surface area contributed by atoms with Gasteiger partial charge in [0.1, 0.15) is 12.4 Å². The first-order chi connectivity index (χ1) is 20.5. The summed E-state index contributed by atoms with van der Waals surface area (Å²) in [5, 5.41) is 1.23. The summed E-state index contributed by atoms with van der Waals surface area (Å²) in [6.45, 7) is 1.20. The van der Waals surface area contributed by atoms with E-state index in [2.05, 4.69) is 46.3 Å². The molecule has 2 atom stereocenters. The summed E-state index contributed by atoms with van der Waals surface area (Å²) in [6, 6.07) is 26.9. The molecule has 42 heavy (non-hydrogen) atoms. The maximum atomic E-state index is 13.9. The number of nitrogens with one attached hydrogen (secondary N) is 1. The zero-order valence-corrected chi connectivity index (χ0v) is 23.5. The normalized spacial score (nSPS) is 17.7. The van der Waals surface area contributed by atoms with Crippen molar-refractivity contribution in [2.24, 2.45) is 0 Å². The number of rotatable bonds is 6. The van der Waals surface area contributed by atoms with Gasteiger partial charge in [0.15, 0.2) is 11.5 Å². The van der Waals surface area contributed by atoms with E-state index in [0.29, 0.717) is 23.7 Å². The van der Waals surface area contributed by atoms with Gasteiger partial charge in [0.25, 0.3) is 0 Å². The predicted octanol–water partition coefficient (Wildman–Crippen LogP) is 6.93. The second-order valence-corrected chi connectivity index (χ2v) is 10.9. The van der Waals surface area contributed by atoms with Gasteiger partial charge in [-0.2, -0.15) is 0 Å². The number of ether oxygens (including phenoxy) is 3. The summed E-state index contributed by atoms with van der Waals surface area (Å²) in [7, 11) is 3.04. The van der Waals surface area contributed by atoms with Crippen LogP contribution in [-0.2, 0) is 24.2 Å². The first-order valence-corrected chi connectivity index (χ1v) is 14.2. The molecule has 0 amide bonds. The minimum Gasteiger partial charge on any atom is -0.493 e. The summed E-state index contributed by atoms with van der Waals surface area (Å²) in [4.78, 5) is 18.0. The van der Waals surface area contributed by atoms with Gasteiger partial charge in [0.05, 0.1) is 25.8 Å². The summed E-state index contributed by atoms with van der Waals surface area (Å²) in [5.41, 5.74) is 8.61. The lowest BCUT2D eigenvalue weighted by Gasteiger charge is -2.46. The fourth-order valence-electron chi connectivity index (χ4n) is 6.59. The number of para-hydroxylation sites is 1. The van der Waals surface area contributed by atoms with Crippen molar-refractivity contribution in [3.05, 3.63) is 130 Å². The molecule has 7 rings (SSSR count). The highest BCUT2D eigenvalue weighted by atomic mass is 19.1. The highest BCUT2D eigenvalue weighted by Crippen LogP contribution is 2.49. The van der Waals surface area contributed by atoms with Crippen LogP contribution < -0.4 is 9.47 Å². The van der Waals surface area contributed by atoms with Crippen LogP contribution in [-0.4, -0.2) is 36.6 Å². The summed E-state index contributed by atoms with van der Waals surface area (Å²) < 4.78 is 30.8. The predicted molar refractivity (Wildman–Crippen MR) is 159 cm³/mol. The summed E-state index contributed by atoms with van der Waals surface area (Å²) >= 11 is 0. The van der Waals surface area contributed by atoms with Gasteiger partial charge >= 0.3 is 5.97 Å². The van der Waals surface area contributed by atoms with E-state index in [1.807, 2.05) is 24.3 Å². The number of nitrogens with zero attached hydrogens (tertiary/aromatic N) is 1. The zero-order chi connectivity index (χ0) is 28.8. The van der Waals surface area contributed by atoms with Crippen molar-refractivity contribution in [2.75, 3.05) is 20.8 Å². The van der Waals surface area contributed by atoms with Crippen molar-refractivity contribution in [3.63, 3.8) is 0 Å². The zero-order valence-electron chi connectivity index (χ0n) is 23.5. The van der Waals surface area contributed by atoms with Crippen molar-refractivity contribution in [3.8, 4) is 11.5 Å². The molecule has 0 bridgehead atoms. The molecule has 7 heteroatoms. The van der Waals surface area contributed by atoms with Crippen LogP contribution in [0.2, 0.25) is 0 Å². The van der Waals surface area contributed by atoms with Gasteiger partial charge in [0, 0.05) is 29.2 Å². The van der Waals surface area contributed by atoms with Crippen LogP contribution in [0.15, 0.2) is 84.9 Å². The standard InChI is InChI=1S/C35H31FN2O4/c1-40-31-19-27-24(17-32(31)42-20-21-7-9-23(10-8-21)35(39)41-2)15-16-38-30(27)18-28-26-5-3-4-6-29(26)37-33(28)34(38)22-11-13-25(36)14-12-22/h3-14,17,19,30,34,37H,15-16,18,20H2,1-2H3. The SMILES string of the molecule is COC(=O)c1ccc(COc2cc3c(cc2OC)C2Cc4c([nH]c5ccccc45)C(c4ccc(F)cc4)N2CC3)cc1. The molecule has 1 N–H and O–H groups in total. The number of benzene rings is 4. The Kier molecular flexibility index (Phi) is 6.67. The Balaban J connectivity index is 1.24. The first kappa shape index (κ1) is 26.3. The summed E-state index contributed by atoms with van der Waals surface area (Å²) in [6.07, 6.45) is 1.72. The van der Waals surface area contributed by atoms with E-state index in [1.54, 1.807) is 31.4 Å². The Morgan fingerprint density at radius 1 is 0.976 bits per heavy atom. The molecule has 1 aromatic heterocycles. The molecule has 212 valence electrons. The van der Waals surface area contributed by atoms with Crippen molar-refractivity contribution in [2.45, 2.75) is 31.5 Å². The monoisotopic (exact) mass is 562 g/mol. The minimum atomic E-state index is -0.364. The molecule has 6 nitrogen and oxygen atoms in total. The largest absolute Gasteiger partial charge is 0.493 e. The fourth-order valence-corrected chi connectivity index (χ4v) is 6.59. The van der Waals surface area contributed by atoms with Crippen LogP contribution >= 0.6 is 0 Å². The molecule has 2 aliphatic rings. The molecular formula is C35H31FN2O4. The Hall–Kier alpha value is -4.62. The maximum Gasteiger partial charge on any atom is 0.337 e. The molecule has 0 saturated carbocycles. The number of esters is 1. The third kappa shape index (κ3) is 4.50. The Morgan fingerprint density at radius 3 is 2.52 bits per heavy atom. The quantitative estimate of drug-likeness (QED) is 0.228.